The smallest absolute Gasteiger partial charge is 0.237 e. The van der Waals surface area contributed by atoms with Gasteiger partial charge in [-0.1, -0.05) is 17.8 Å². The van der Waals surface area contributed by atoms with Crippen LogP contribution in [-0.4, -0.2) is 31.7 Å². The van der Waals surface area contributed by atoms with E-state index in [1.807, 2.05) is 30.0 Å². The molecule has 0 saturated carbocycles. The summed E-state index contributed by atoms with van der Waals surface area (Å²) < 4.78 is 1.93. The molecule has 1 aromatic carbocycles. The van der Waals surface area contributed by atoms with Crippen LogP contribution in [0.5, 0.6) is 0 Å². The second-order valence-corrected chi connectivity index (χ2v) is 8.44. The van der Waals surface area contributed by atoms with Gasteiger partial charge in [0, 0.05) is 29.6 Å². The lowest BCUT2D eigenvalue weighted by Gasteiger charge is -2.12. The number of thiophene rings is 1. The number of Topliss-reactive ketones (excluding diaryl/α,β-unsaturated/α-hetero) is 1. The van der Waals surface area contributed by atoms with Crippen molar-refractivity contribution in [3.05, 3.63) is 58.0 Å². The van der Waals surface area contributed by atoms with E-state index in [9.17, 15) is 9.59 Å². The average Bonchev–Trinajstić information content (AvgIpc) is 3.27. The number of anilines is 1. The molecule has 0 saturated heterocycles. The lowest BCUT2D eigenvalue weighted by atomic mass is 10.1. The first-order chi connectivity index (χ1) is 12.9. The molecule has 0 aliphatic carbocycles. The van der Waals surface area contributed by atoms with E-state index in [0.29, 0.717) is 16.4 Å². The van der Waals surface area contributed by atoms with Gasteiger partial charge in [-0.15, -0.1) is 21.5 Å². The van der Waals surface area contributed by atoms with Crippen molar-refractivity contribution in [2.45, 2.75) is 30.7 Å². The van der Waals surface area contributed by atoms with Crippen LogP contribution in [0.15, 0.2) is 46.9 Å². The monoisotopic (exact) mass is 400 g/mol. The van der Waals surface area contributed by atoms with Gasteiger partial charge in [-0.05, 0) is 49.6 Å². The maximum absolute atomic E-state index is 12.5. The Balaban J connectivity index is 1.61. The van der Waals surface area contributed by atoms with E-state index in [2.05, 4.69) is 21.6 Å². The summed E-state index contributed by atoms with van der Waals surface area (Å²) in [5.74, 6) is 0.739. The van der Waals surface area contributed by atoms with Crippen LogP contribution in [0.2, 0.25) is 0 Å². The quantitative estimate of drug-likeness (QED) is 0.482. The van der Waals surface area contributed by atoms with Crippen molar-refractivity contribution in [1.29, 1.82) is 0 Å². The number of carbonyl (C=O) groups excluding carboxylic acids is 2. The van der Waals surface area contributed by atoms with Crippen molar-refractivity contribution in [3.63, 3.8) is 0 Å². The summed E-state index contributed by atoms with van der Waals surface area (Å²) in [6.07, 6.45) is 0.727. The number of ketones is 1. The molecule has 3 rings (SSSR count). The van der Waals surface area contributed by atoms with Crippen LogP contribution < -0.4 is 5.32 Å². The van der Waals surface area contributed by atoms with Crippen molar-refractivity contribution >= 4 is 40.5 Å². The number of aromatic nitrogens is 3. The summed E-state index contributed by atoms with van der Waals surface area (Å²) in [6.45, 7) is 3.34. The van der Waals surface area contributed by atoms with Crippen LogP contribution in [0, 0.1) is 0 Å². The Kier molecular flexibility index (Phi) is 6.08. The normalized spacial score (nSPS) is 12.0. The van der Waals surface area contributed by atoms with E-state index in [1.165, 1.54) is 23.6 Å². The molecular weight excluding hydrogens is 380 g/mol. The van der Waals surface area contributed by atoms with E-state index in [1.54, 1.807) is 35.6 Å². The molecule has 2 aromatic heterocycles. The Hall–Kier alpha value is -2.45. The topological polar surface area (TPSA) is 76.9 Å². The number of benzene rings is 1. The number of hydrogen-bond donors (Lipinski definition) is 1. The SMILES string of the molecule is CC(=O)c1ccc(NC(=O)[C@@H](C)Sc2nnc(Cc3cccs3)n2C)cc1. The number of rotatable bonds is 7. The van der Waals surface area contributed by atoms with Gasteiger partial charge in [-0.2, -0.15) is 0 Å². The van der Waals surface area contributed by atoms with Crippen LogP contribution in [0.3, 0.4) is 0 Å². The molecule has 27 heavy (non-hydrogen) atoms. The van der Waals surface area contributed by atoms with Crippen LogP contribution >= 0.6 is 23.1 Å². The van der Waals surface area contributed by atoms with Crippen LogP contribution in [0.25, 0.3) is 0 Å². The third kappa shape index (κ3) is 4.84. The molecular formula is C19H20N4O2S2. The number of nitrogens with one attached hydrogen (secondary N) is 1. The molecule has 140 valence electrons. The minimum Gasteiger partial charge on any atom is -0.325 e. The van der Waals surface area contributed by atoms with Crippen molar-refractivity contribution in [2.24, 2.45) is 7.05 Å². The molecule has 3 aromatic rings. The highest BCUT2D eigenvalue weighted by Crippen LogP contribution is 2.24. The minimum atomic E-state index is -0.338. The second-order valence-electron chi connectivity index (χ2n) is 6.10. The zero-order valence-corrected chi connectivity index (χ0v) is 16.9. The number of nitrogens with zero attached hydrogens (tertiary/aromatic N) is 3. The van der Waals surface area contributed by atoms with Gasteiger partial charge in [0.15, 0.2) is 10.9 Å². The molecule has 8 heteroatoms. The van der Waals surface area contributed by atoms with Crippen molar-refractivity contribution in [3.8, 4) is 0 Å². The molecule has 1 amide bonds. The highest BCUT2D eigenvalue weighted by Gasteiger charge is 2.19. The Morgan fingerprint density at radius 2 is 1.96 bits per heavy atom. The first kappa shape index (κ1) is 19.3. The third-order valence-electron chi connectivity index (χ3n) is 4.05. The van der Waals surface area contributed by atoms with Crippen LogP contribution in [-0.2, 0) is 18.3 Å². The van der Waals surface area contributed by atoms with Crippen molar-refractivity contribution in [1.82, 2.24) is 14.8 Å². The molecule has 0 aliphatic rings. The highest BCUT2D eigenvalue weighted by atomic mass is 32.2. The summed E-state index contributed by atoms with van der Waals surface area (Å²) >= 11 is 3.05. The third-order valence-corrected chi connectivity index (χ3v) is 6.06. The number of hydrogen-bond acceptors (Lipinski definition) is 6. The fraction of sp³-hybridized carbons (Fsp3) is 0.263. The van der Waals surface area contributed by atoms with E-state index in [0.717, 1.165) is 12.2 Å². The molecule has 1 N–H and O–H groups in total. The van der Waals surface area contributed by atoms with E-state index >= 15 is 0 Å². The largest absolute Gasteiger partial charge is 0.325 e. The molecule has 0 unspecified atom stereocenters. The van der Waals surface area contributed by atoms with Gasteiger partial charge in [-0.25, -0.2) is 0 Å². The van der Waals surface area contributed by atoms with Gasteiger partial charge >= 0.3 is 0 Å². The summed E-state index contributed by atoms with van der Waals surface area (Å²) in [5, 5.41) is 13.7. The van der Waals surface area contributed by atoms with Gasteiger partial charge in [0.1, 0.15) is 5.82 Å². The molecule has 1 atom stereocenters. The van der Waals surface area contributed by atoms with Gasteiger partial charge in [0.05, 0.1) is 5.25 Å². The minimum absolute atomic E-state index is 0.00238. The summed E-state index contributed by atoms with van der Waals surface area (Å²) in [6, 6.07) is 11.0. The molecule has 0 spiro atoms. The summed E-state index contributed by atoms with van der Waals surface area (Å²) in [5.41, 5.74) is 1.28. The van der Waals surface area contributed by atoms with E-state index in [4.69, 9.17) is 0 Å². The average molecular weight is 401 g/mol. The summed E-state index contributed by atoms with van der Waals surface area (Å²) in [7, 11) is 1.91. The number of thioether (sulfide) groups is 1. The highest BCUT2D eigenvalue weighted by molar-refractivity contribution is 8.00. The lowest BCUT2D eigenvalue weighted by molar-refractivity contribution is -0.115. The zero-order chi connectivity index (χ0) is 19.4. The predicted molar refractivity (Wildman–Crippen MR) is 109 cm³/mol. The van der Waals surface area contributed by atoms with Crippen molar-refractivity contribution in [2.75, 3.05) is 5.32 Å². The standard InChI is InChI=1S/C19H20N4O2S2/c1-12(24)14-6-8-15(9-7-14)20-18(25)13(2)27-19-22-21-17(23(19)3)11-16-5-4-10-26-16/h4-10,13H,11H2,1-3H3,(H,20,25)/t13-/m1/s1. The number of amides is 1. The fourth-order valence-electron chi connectivity index (χ4n) is 2.41. The first-order valence-electron chi connectivity index (χ1n) is 8.43. The first-order valence-corrected chi connectivity index (χ1v) is 10.2. The summed E-state index contributed by atoms with van der Waals surface area (Å²) in [4.78, 5) is 25.0. The number of carbonyl (C=O) groups is 2. The Morgan fingerprint density at radius 1 is 1.22 bits per heavy atom. The molecule has 6 nitrogen and oxygen atoms in total. The van der Waals surface area contributed by atoms with Gasteiger partial charge in [0.25, 0.3) is 0 Å². The van der Waals surface area contributed by atoms with Crippen LogP contribution in [0.4, 0.5) is 5.69 Å². The Labute approximate surface area is 166 Å². The lowest BCUT2D eigenvalue weighted by Crippen LogP contribution is -2.22. The predicted octanol–water partition coefficient (Wildman–Crippen LogP) is 3.79. The molecule has 0 fully saturated rings. The maximum atomic E-state index is 12.5. The Bertz CT molecular complexity index is 933. The second kappa shape index (κ2) is 8.49. The Morgan fingerprint density at radius 3 is 2.59 bits per heavy atom. The van der Waals surface area contributed by atoms with Gasteiger partial charge < -0.3 is 9.88 Å². The van der Waals surface area contributed by atoms with E-state index < -0.39 is 0 Å². The molecule has 2 heterocycles. The van der Waals surface area contributed by atoms with Crippen LogP contribution in [0.1, 0.15) is 34.9 Å². The maximum Gasteiger partial charge on any atom is 0.237 e. The van der Waals surface area contributed by atoms with E-state index in [-0.39, 0.29) is 16.9 Å². The fourth-order valence-corrected chi connectivity index (χ4v) is 3.95. The van der Waals surface area contributed by atoms with Gasteiger partial charge in [-0.3, -0.25) is 9.59 Å². The molecule has 0 aliphatic heterocycles. The van der Waals surface area contributed by atoms with Gasteiger partial charge in [0.2, 0.25) is 5.91 Å². The zero-order valence-electron chi connectivity index (χ0n) is 15.3. The molecule has 0 bridgehead atoms. The van der Waals surface area contributed by atoms with Crippen molar-refractivity contribution < 1.29 is 9.59 Å². The molecule has 0 radical (unpaired) electrons.